The van der Waals surface area contributed by atoms with Gasteiger partial charge in [0.2, 0.25) is 0 Å². The van der Waals surface area contributed by atoms with Crippen LogP contribution in [-0.4, -0.2) is 18.2 Å². The smallest absolute Gasteiger partial charge is 0.105 e. The molecule has 0 spiro atoms. The lowest BCUT2D eigenvalue weighted by Crippen LogP contribution is -2.49. The zero-order valence-electron chi connectivity index (χ0n) is 9.24. The summed E-state index contributed by atoms with van der Waals surface area (Å²) in [6.07, 6.45) is 4.24. The Morgan fingerprint density at radius 1 is 1.27 bits per heavy atom. The Hall–Kier alpha value is -0.860. The fraction of sp³-hybridized carbons (Fsp3) is 0.538. The fourth-order valence-electron chi connectivity index (χ4n) is 2.61. The Kier molecular flexibility index (Phi) is 3.08. The maximum absolute atomic E-state index is 10.7. The average Bonchev–Trinajstić information content (AvgIpc) is 2.31. The predicted octanol–water partition coefficient (Wildman–Crippen LogP) is 2.04. The summed E-state index contributed by atoms with van der Waals surface area (Å²) >= 11 is 0. The number of likely N-dealkylation sites (N-methyl/N-ethyl adjacent to an activating group) is 1. The zero-order chi connectivity index (χ0) is 10.7. The van der Waals surface area contributed by atoms with Gasteiger partial charge in [-0.2, -0.15) is 0 Å². The number of nitrogens with one attached hydrogen (secondary N) is 1. The molecule has 0 heterocycles. The molecule has 1 aliphatic rings. The second-order valence-corrected chi connectivity index (χ2v) is 4.38. The minimum atomic E-state index is -0.672. The van der Waals surface area contributed by atoms with Crippen molar-refractivity contribution in [3.05, 3.63) is 35.9 Å². The molecular weight excluding hydrogens is 186 g/mol. The van der Waals surface area contributed by atoms with E-state index >= 15 is 0 Å². The van der Waals surface area contributed by atoms with Gasteiger partial charge in [-0.25, -0.2) is 0 Å². The molecule has 15 heavy (non-hydrogen) atoms. The van der Waals surface area contributed by atoms with E-state index in [1.54, 1.807) is 0 Å². The molecule has 0 saturated heterocycles. The maximum atomic E-state index is 10.7. The van der Waals surface area contributed by atoms with Crippen molar-refractivity contribution < 1.29 is 5.11 Å². The van der Waals surface area contributed by atoms with Gasteiger partial charge in [-0.05, 0) is 25.5 Å². The van der Waals surface area contributed by atoms with E-state index in [1.807, 2.05) is 37.4 Å². The lowest BCUT2D eigenvalue weighted by Gasteiger charge is -2.40. The van der Waals surface area contributed by atoms with Gasteiger partial charge in [0.05, 0.1) is 0 Å². The number of hydrogen-bond donors (Lipinski definition) is 2. The molecule has 0 aromatic heterocycles. The van der Waals surface area contributed by atoms with E-state index in [-0.39, 0.29) is 6.04 Å². The van der Waals surface area contributed by atoms with E-state index in [0.29, 0.717) is 0 Å². The zero-order valence-corrected chi connectivity index (χ0v) is 9.24. The lowest BCUT2D eigenvalue weighted by molar-refractivity contribution is -0.0298. The Morgan fingerprint density at radius 3 is 2.67 bits per heavy atom. The second kappa shape index (κ2) is 4.33. The largest absolute Gasteiger partial charge is 0.384 e. The SMILES string of the molecule is CNC1CCCC[C@]1(O)c1ccccc1. The second-order valence-electron chi connectivity index (χ2n) is 4.38. The standard InChI is InChI=1S/C13H19NO/c1-14-12-9-5-6-10-13(12,15)11-7-3-2-4-8-11/h2-4,7-8,12,14-15H,5-6,9-10H2,1H3/t12?,13-/m0/s1. The third-order valence-corrected chi connectivity index (χ3v) is 3.50. The summed E-state index contributed by atoms with van der Waals surface area (Å²) in [5.74, 6) is 0. The van der Waals surface area contributed by atoms with Gasteiger partial charge < -0.3 is 10.4 Å². The maximum Gasteiger partial charge on any atom is 0.105 e. The molecule has 2 atom stereocenters. The highest BCUT2D eigenvalue weighted by Gasteiger charge is 2.39. The summed E-state index contributed by atoms with van der Waals surface area (Å²) in [6.45, 7) is 0. The summed E-state index contributed by atoms with van der Waals surface area (Å²) < 4.78 is 0. The van der Waals surface area contributed by atoms with Crippen molar-refractivity contribution in [2.24, 2.45) is 0 Å². The first-order valence-electron chi connectivity index (χ1n) is 5.72. The van der Waals surface area contributed by atoms with Crippen LogP contribution >= 0.6 is 0 Å². The Bertz CT molecular complexity index is 312. The molecule has 1 unspecified atom stereocenters. The van der Waals surface area contributed by atoms with Crippen molar-refractivity contribution in [1.82, 2.24) is 5.32 Å². The van der Waals surface area contributed by atoms with Crippen LogP contribution in [0.15, 0.2) is 30.3 Å². The molecular formula is C13H19NO. The molecule has 2 rings (SSSR count). The highest BCUT2D eigenvalue weighted by Crippen LogP contribution is 2.36. The Balaban J connectivity index is 2.30. The highest BCUT2D eigenvalue weighted by atomic mass is 16.3. The van der Waals surface area contributed by atoms with Crippen molar-refractivity contribution >= 4 is 0 Å². The molecule has 0 amide bonds. The Labute approximate surface area is 91.3 Å². The van der Waals surface area contributed by atoms with Crippen molar-refractivity contribution in [2.45, 2.75) is 37.3 Å². The van der Waals surface area contributed by atoms with Crippen molar-refractivity contribution in [3.63, 3.8) is 0 Å². The first-order valence-corrected chi connectivity index (χ1v) is 5.72. The fourth-order valence-corrected chi connectivity index (χ4v) is 2.61. The molecule has 1 aromatic rings. The van der Waals surface area contributed by atoms with Gasteiger partial charge in [0, 0.05) is 6.04 Å². The van der Waals surface area contributed by atoms with Crippen LogP contribution in [0.2, 0.25) is 0 Å². The van der Waals surface area contributed by atoms with E-state index in [9.17, 15) is 5.11 Å². The molecule has 0 bridgehead atoms. The van der Waals surface area contributed by atoms with Crippen LogP contribution in [0.1, 0.15) is 31.2 Å². The Morgan fingerprint density at radius 2 is 2.00 bits per heavy atom. The van der Waals surface area contributed by atoms with Gasteiger partial charge in [0.25, 0.3) is 0 Å². The van der Waals surface area contributed by atoms with E-state index in [4.69, 9.17) is 0 Å². The van der Waals surface area contributed by atoms with E-state index in [2.05, 4.69) is 5.32 Å². The molecule has 0 aliphatic heterocycles. The molecule has 0 radical (unpaired) electrons. The van der Waals surface area contributed by atoms with Crippen LogP contribution in [0.3, 0.4) is 0 Å². The van der Waals surface area contributed by atoms with Crippen molar-refractivity contribution in [1.29, 1.82) is 0 Å². The first kappa shape index (κ1) is 10.7. The van der Waals surface area contributed by atoms with Gasteiger partial charge in [-0.1, -0.05) is 43.2 Å². The summed E-state index contributed by atoms with van der Waals surface area (Å²) in [5.41, 5.74) is 0.373. The summed E-state index contributed by atoms with van der Waals surface area (Å²) in [4.78, 5) is 0. The molecule has 2 N–H and O–H groups in total. The normalized spacial score (nSPS) is 31.5. The topological polar surface area (TPSA) is 32.3 Å². The minimum Gasteiger partial charge on any atom is -0.384 e. The van der Waals surface area contributed by atoms with Gasteiger partial charge in [0.15, 0.2) is 0 Å². The number of benzene rings is 1. The monoisotopic (exact) mass is 205 g/mol. The lowest BCUT2D eigenvalue weighted by atomic mass is 9.76. The van der Waals surface area contributed by atoms with Gasteiger partial charge in [0.1, 0.15) is 5.60 Å². The number of hydrogen-bond acceptors (Lipinski definition) is 2. The molecule has 1 aromatic carbocycles. The van der Waals surface area contributed by atoms with Crippen LogP contribution in [0.25, 0.3) is 0 Å². The minimum absolute atomic E-state index is 0.189. The summed E-state index contributed by atoms with van der Waals surface area (Å²) in [7, 11) is 1.93. The van der Waals surface area contributed by atoms with Gasteiger partial charge in [-0.3, -0.25) is 0 Å². The van der Waals surface area contributed by atoms with E-state index in [0.717, 1.165) is 24.8 Å². The summed E-state index contributed by atoms with van der Waals surface area (Å²) in [5, 5.41) is 14.0. The predicted molar refractivity (Wildman–Crippen MR) is 61.7 cm³/mol. The van der Waals surface area contributed by atoms with Crippen LogP contribution in [-0.2, 0) is 5.60 Å². The average molecular weight is 205 g/mol. The molecule has 82 valence electrons. The van der Waals surface area contributed by atoms with E-state index in [1.165, 1.54) is 6.42 Å². The van der Waals surface area contributed by atoms with Crippen molar-refractivity contribution in [3.8, 4) is 0 Å². The van der Waals surface area contributed by atoms with Crippen molar-refractivity contribution in [2.75, 3.05) is 7.05 Å². The number of aliphatic hydroxyl groups is 1. The van der Waals surface area contributed by atoms with Crippen LogP contribution < -0.4 is 5.32 Å². The van der Waals surface area contributed by atoms with Crippen LogP contribution in [0.4, 0.5) is 0 Å². The summed E-state index contributed by atoms with van der Waals surface area (Å²) in [6, 6.07) is 10.2. The quantitative estimate of drug-likeness (QED) is 0.774. The van der Waals surface area contributed by atoms with Crippen LogP contribution in [0.5, 0.6) is 0 Å². The highest BCUT2D eigenvalue weighted by molar-refractivity contribution is 5.25. The number of rotatable bonds is 2. The molecule has 1 saturated carbocycles. The molecule has 2 nitrogen and oxygen atoms in total. The third-order valence-electron chi connectivity index (χ3n) is 3.50. The molecule has 2 heteroatoms. The van der Waals surface area contributed by atoms with Crippen LogP contribution in [0, 0.1) is 0 Å². The van der Waals surface area contributed by atoms with Gasteiger partial charge in [-0.15, -0.1) is 0 Å². The molecule has 1 fully saturated rings. The first-order chi connectivity index (χ1) is 7.27. The molecule has 1 aliphatic carbocycles. The van der Waals surface area contributed by atoms with E-state index < -0.39 is 5.60 Å². The van der Waals surface area contributed by atoms with Gasteiger partial charge >= 0.3 is 0 Å². The third kappa shape index (κ3) is 1.92.